The first-order valence-electron chi connectivity index (χ1n) is 19.0. The molecule has 3 atom stereocenters. The highest BCUT2D eigenvalue weighted by Crippen LogP contribution is 2.53. The van der Waals surface area contributed by atoms with E-state index in [0.717, 1.165) is 63.7 Å². The molecule has 2 aromatic heterocycles. The lowest BCUT2D eigenvalue weighted by Gasteiger charge is -2.36. The molecule has 2 aliphatic heterocycles. The molecule has 0 spiro atoms. The summed E-state index contributed by atoms with van der Waals surface area (Å²) >= 11 is 0. The fourth-order valence-electron chi connectivity index (χ4n) is 8.15. The molecule has 0 radical (unpaired) electrons. The van der Waals surface area contributed by atoms with Gasteiger partial charge >= 0.3 is 12.1 Å². The van der Waals surface area contributed by atoms with Crippen molar-refractivity contribution in [1.82, 2.24) is 30.0 Å². The van der Waals surface area contributed by atoms with Gasteiger partial charge in [-0.1, -0.05) is 18.1 Å². The molecule has 3 aromatic carbocycles. The number of carbonyl (C=O) groups is 1. The Morgan fingerprint density at radius 1 is 1.09 bits per heavy atom. The normalized spacial score (nSPS) is 18.7. The number of carbonyl (C=O) groups excluding carboxylic acids is 1. The van der Waals surface area contributed by atoms with Gasteiger partial charge in [-0.2, -0.15) is 15.1 Å². The third-order valence-corrected chi connectivity index (χ3v) is 10.7. The second-order valence-electron chi connectivity index (χ2n) is 16.5. The lowest BCUT2D eigenvalue weighted by Crippen LogP contribution is -2.50. The van der Waals surface area contributed by atoms with E-state index in [2.05, 4.69) is 32.0 Å². The fraction of sp³-hybridized carbons (Fsp3) is 0.442. The Labute approximate surface area is 321 Å². The van der Waals surface area contributed by atoms with Crippen LogP contribution in [0.5, 0.6) is 11.8 Å². The van der Waals surface area contributed by atoms with Crippen molar-refractivity contribution in [3.63, 3.8) is 0 Å². The Morgan fingerprint density at radius 2 is 1.85 bits per heavy atom. The Bertz CT molecular complexity index is 2320. The molecule has 2 saturated heterocycles. The van der Waals surface area contributed by atoms with Gasteiger partial charge < -0.3 is 28.9 Å². The maximum Gasteiger partial charge on any atom is 0.410 e. The van der Waals surface area contributed by atoms with Crippen LogP contribution in [-0.2, 0) is 11.3 Å². The number of terminal acetylenes is 1. The summed E-state index contributed by atoms with van der Waals surface area (Å²) < 4.78 is 35.1. The van der Waals surface area contributed by atoms with Gasteiger partial charge in [-0.15, -0.1) is 6.42 Å². The molecule has 8 rings (SSSR count). The molecule has 3 fully saturated rings. The van der Waals surface area contributed by atoms with Crippen molar-refractivity contribution in [2.24, 2.45) is 0 Å². The number of nitrogens with one attached hydrogen (secondary N) is 1. The van der Waals surface area contributed by atoms with Gasteiger partial charge in [-0.3, -0.25) is 5.10 Å². The predicted molar refractivity (Wildman–Crippen MR) is 211 cm³/mol. The molecule has 55 heavy (non-hydrogen) atoms. The third kappa shape index (κ3) is 7.13. The molecule has 1 N–H and O–H groups in total. The summed E-state index contributed by atoms with van der Waals surface area (Å²) in [5.74, 6) is 3.85. The number of H-pyrrole nitrogens is 1. The van der Waals surface area contributed by atoms with Crippen molar-refractivity contribution in [3.8, 4) is 35.2 Å². The topological polar surface area (TPSA) is 109 Å². The van der Waals surface area contributed by atoms with Crippen LogP contribution in [0.25, 0.3) is 32.9 Å². The van der Waals surface area contributed by atoms with Gasteiger partial charge in [0.25, 0.3) is 0 Å². The lowest BCUT2D eigenvalue weighted by molar-refractivity contribution is 0.0214. The summed E-state index contributed by atoms with van der Waals surface area (Å²) in [4.78, 5) is 29.7. The van der Waals surface area contributed by atoms with Gasteiger partial charge in [0.2, 0.25) is 0 Å². The lowest BCUT2D eigenvalue weighted by atomic mass is 9.88. The number of piperazine rings is 1. The van der Waals surface area contributed by atoms with Gasteiger partial charge in [0.15, 0.2) is 5.75 Å². The van der Waals surface area contributed by atoms with Crippen molar-refractivity contribution < 1.29 is 23.4 Å². The van der Waals surface area contributed by atoms with Gasteiger partial charge in [0.1, 0.15) is 35.5 Å². The van der Waals surface area contributed by atoms with E-state index in [-0.39, 0.29) is 48.6 Å². The monoisotopic (exact) mass is 745 g/mol. The van der Waals surface area contributed by atoms with Crippen LogP contribution in [0.15, 0.2) is 42.6 Å². The van der Waals surface area contributed by atoms with Crippen molar-refractivity contribution in [2.75, 3.05) is 38.6 Å². The van der Waals surface area contributed by atoms with E-state index in [4.69, 9.17) is 30.6 Å². The average molecular weight is 746 g/mol. The number of nitrogens with zero attached hydrogens (tertiary/aromatic N) is 6. The molecule has 12 heteroatoms. The van der Waals surface area contributed by atoms with Gasteiger partial charge in [-0.25, -0.2) is 9.18 Å². The zero-order chi connectivity index (χ0) is 38.8. The number of hydrogen-bond donors (Lipinski definition) is 1. The smallest absolute Gasteiger partial charge is 0.410 e. The van der Waals surface area contributed by atoms with Crippen molar-refractivity contribution in [3.05, 3.63) is 70.7 Å². The van der Waals surface area contributed by atoms with Crippen molar-refractivity contribution in [1.29, 1.82) is 0 Å². The molecule has 11 nitrogen and oxygen atoms in total. The maximum absolute atomic E-state index is 15.8. The van der Waals surface area contributed by atoms with Crippen LogP contribution < -0.4 is 14.4 Å². The Morgan fingerprint density at radius 3 is 2.51 bits per heavy atom. The minimum absolute atomic E-state index is 0.0155. The van der Waals surface area contributed by atoms with Crippen LogP contribution >= 0.6 is 0 Å². The van der Waals surface area contributed by atoms with Gasteiger partial charge in [-0.05, 0) is 115 Å². The summed E-state index contributed by atoms with van der Waals surface area (Å²) in [6.07, 6.45) is 9.67. The van der Waals surface area contributed by atoms with Crippen molar-refractivity contribution in [2.45, 2.75) is 90.2 Å². The molecule has 0 unspecified atom stereocenters. The molecule has 4 heterocycles. The number of hydrogen-bond acceptors (Lipinski definition) is 9. The highest BCUT2D eigenvalue weighted by atomic mass is 19.1. The summed E-state index contributed by atoms with van der Waals surface area (Å²) in [6, 6.07) is 11.6. The van der Waals surface area contributed by atoms with Crippen LogP contribution in [0.1, 0.15) is 75.1 Å². The van der Waals surface area contributed by atoms with E-state index in [1.54, 1.807) is 13.1 Å². The molecule has 1 amide bonds. The molecule has 3 aliphatic rings. The molecule has 1 aliphatic carbocycles. The number of amides is 1. The number of anilines is 1. The van der Waals surface area contributed by atoms with E-state index in [0.29, 0.717) is 42.0 Å². The highest BCUT2D eigenvalue weighted by molar-refractivity contribution is 6.06. The van der Waals surface area contributed by atoms with Crippen LogP contribution in [0.2, 0.25) is 0 Å². The quantitative estimate of drug-likeness (QED) is 0.145. The van der Waals surface area contributed by atoms with E-state index in [1.807, 2.05) is 71.0 Å². The van der Waals surface area contributed by atoms with Crippen LogP contribution in [-0.4, -0.2) is 93.6 Å². The standard InChI is InChI=1S/C43H48FN7O4/c1-9-26-10-12-27(13-11-26)23-53-39-37(36-25(3)34(44)18-35-33(36)19-45-48-35)31(28-14-15-28)17-32-38(39)46-41(54-24(2)20-49(7)8)47-40(32)50-21-30-16-29(50)22-51(30)42(52)55-43(4,5)6/h1,10-13,17-19,24,28-30H,14-16,20-23H2,2-8H3,(H,45,48)/t24-,29+,30+/m1/s1. The molecular formula is C43H48FN7O4. The zero-order valence-corrected chi connectivity index (χ0v) is 32.6. The van der Waals surface area contributed by atoms with Crippen LogP contribution in [0.3, 0.4) is 0 Å². The number of rotatable bonds is 10. The van der Waals surface area contributed by atoms with E-state index >= 15 is 4.39 Å². The first kappa shape index (κ1) is 36.6. The number of fused-ring (bicyclic) bond motifs is 4. The Kier molecular flexibility index (Phi) is 9.32. The van der Waals surface area contributed by atoms with Crippen LogP contribution in [0, 0.1) is 25.1 Å². The number of likely N-dealkylation sites (tertiary alicyclic amines) is 1. The molecular weight excluding hydrogens is 698 g/mol. The first-order chi connectivity index (χ1) is 26.3. The van der Waals surface area contributed by atoms with Gasteiger partial charge in [0, 0.05) is 47.1 Å². The summed E-state index contributed by atoms with van der Waals surface area (Å²) in [5.41, 5.74) is 5.37. The SMILES string of the molecule is C#Cc1ccc(COc2c(-c3c(C)c(F)cc4[nH]ncc34)c(C3CC3)cc3c(N4C[C@@H]5C[C@H]4CN5C(=O)OC(C)(C)C)nc(O[C@H](C)CN(C)C)nc23)cc1. The van der Waals surface area contributed by atoms with E-state index < -0.39 is 5.60 Å². The number of likely N-dealkylation sites (N-methyl/N-ethyl adjacent to an activating group) is 1. The Hall–Kier alpha value is -5.41. The molecule has 286 valence electrons. The summed E-state index contributed by atoms with van der Waals surface area (Å²) in [6.45, 7) is 11.4. The molecule has 1 saturated carbocycles. The minimum Gasteiger partial charge on any atom is -0.486 e. The van der Waals surface area contributed by atoms with E-state index in [1.165, 1.54) is 6.07 Å². The summed E-state index contributed by atoms with van der Waals surface area (Å²) in [7, 11) is 3.99. The highest BCUT2D eigenvalue weighted by Gasteiger charge is 2.48. The minimum atomic E-state index is -0.588. The first-order valence-corrected chi connectivity index (χ1v) is 19.0. The second-order valence-corrected chi connectivity index (χ2v) is 16.5. The number of halogens is 1. The largest absolute Gasteiger partial charge is 0.486 e. The summed E-state index contributed by atoms with van der Waals surface area (Å²) in [5, 5.41) is 8.92. The Balaban J connectivity index is 1.33. The number of benzene rings is 3. The predicted octanol–water partition coefficient (Wildman–Crippen LogP) is 7.59. The van der Waals surface area contributed by atoms with Crippen LogP contribution in [0.4, 0.5) is 15.0 Å². The third-order valence-electron chi connectivity index (χ3n) is 10.7. The number of aromatic nitrogens is 4. The number of ether oxygens (including phenoxy) is 3. The maximum atomic E-state index is 15.8. The van der Waals surface area contributed by atoms with Gasteiger partial charge in [0.05, 0.1) is 23.8 Å². The van der Waals surface area contributed by atoms with E-state index in [9.17, 15) is 4.79 Å². The average Bonchev–Trinajstić information content (AvgIpc) is 3.52. The second kappa shape index (κ2) is 14.0. The molecule has 2 bridgehead atoms. The number of aromatic amines is 1. The molecule has 5 aromatic rings. The van der Waals surface area contributed by atoms with Crippen molar-refractivity contribution >= 4 is 33.7 Å². The zero-order valence-electron chi connectivity index (χ0n) is 32.6. The fourth-order valence-corrected chi connectivity index (χ4v) is 8.15.